The van der Waals surface area contributed by atoms with Gasteiger partial charge in [-0.15, -0.1) is 0 Å². The zero-order valence-electron chi connectivity index (χ0n) is 10.6. The van der Waals surface area contributed by atoms with E-state index in [-0.39, 0.29) is 18.4 Å². The van der Waals surface area contributed by atoms with Crippen LogP contribution in [0.2, 0.25) is 0 Å². The summed E-state index contributed by atoms with van der Waals surface area (Å²) < 4.78 is 5.30. The first-order chi connectivity index (χ1) is 9.15. The molecule has 19 heavy (non-hydrogen) atoms. The first-order valence-corrected chi connectivity index (χ1v) is 5.95. The fraction of sp³-hybridized carbons (Fsp3) is 0.286. The molecular weight excluding hydrogens is 244 g/mol. The highest BCUT2D eigenvalue weighted by Gasteiger charge is 2.15. The Bertz CT molecular complexity index is 570. The third kappa shape index (κ3) is 3.75. The molecule has 1 aromatic carbocycles. The van der Waals surface area contributed by atoms with Gasteiger partial charge in [-0.1, -0.05) is 11.8 Å². The summed E-state index contributed by atoms with van der Waals surface area (Å²) in [6, 6.07) is 5.38. The molecule has 0 saturated heterocycles. The zero-order valence-corrected chi connectivity index (χ0v) is 10.6. The van der Waals surface area contributed by atoms with E-state index in [4.69, 9.17) is 4.74 Å². The van der Waals surface area contributed by atoms with Crippen molar-refractivity contribution in [3.63, 3.8) is 0 Å². The van der Waals surface area contributed by atoms with Gasteiger partial charge in [-0.05, 0) is 18.2 Å². The van der Waals surface area contributed by atoms with Crippen molar-refractivity contribution in [2.45, 2.75) is 13.3 Å². The molecule has 0 fully saturated rings. The molecule has 2 N–H and O–H groups in total. The molecule has 0 unspecified atom stereocenters. The summed E-state index contributed by atoms with van der Waals surface area (Å²) in [5.74, 6) is 6.38. The number of carbonyl (C=O) groups is 2. The van der Waals surface area contributed by atoms with Gasteiger partial charge in [0.2, 0.25) is 5.91 Å². The number of fused-ring (bicyclic) bond motifs is 1. The van der Waals surface area contributed by atoms with E-state index in [1.165, 1.54) is 6.92 Å². The Kier molecular flexibility index (Phi) is 4.04. The predicted octanol–water partition coefficient (Wildman–Crippen LogP) is 0.895. The second-order valence-corrected chi connectivity index (χ2v) is 4.08. The number of benzene rings is 1. The van der Waals surface area contributed by atoms with Crippen LogP contribution in [0.3, 0.4) is 0 Å². The fourth-order valence-corrected chi connectivity index (χ4v) is 1.62. The molecule has 0 radical (unpaired) electrons. The molecule has 2 amide bonds. The van der Waals surface area contributed by atoms with Gasteiger partial charge >= 0.3 is 0 Å². The minimum Gasteiger partial charge on any atom is -0.482 e. The van der Waals surface area contributed by atoms with Crippen molar-refractivity contribution in [1.82, 2.24) is 5.32 Å². The molecule has 0 aromatic heterocycles. The van der Waals surface area contributed by atoms with Crippen LogP contribution in [-0.4, -0.2) is 25.0 Å². The first-order valence-electron chi connectivity index (χ1n) is 5.95. The van der Waals surface area contributed by atoms with Gasteiger partial charge in [-0.25, -0.2) is 0 Å². The zero-order chi connectivity index (χ0) is 13.7. The van der Waals surface area contributed by atoms with Crippen LogP contribution < -0.4 is 15.4 Å². The second kappa shape index (κ2) is 5.91. The molecule has 0 aliphatic carbocycles. The summed E-state index contributed by atoms with van der Waals surface area (Å²) in [7, 11) is 0. The van der Waals surface area contributed by atoms with E-state index >= 15 is 0 Å². The van der Waals surface area contributed by atoms with Crippen LogP contribution in [0.5, 0.6) is 5.75 Å². The van der Waals surface area contributed by atoms with Crippen LogP contribution >= 0.6 is 0 Å². The summed E-state index contributed by atoms with van der Waals surface area (Å²) in [6.45, 7) is 2.05. The predicted molar refractivity (Wildman–Crippen MR) is 70.7 cm³/mol. The van der Waals surface area contributed by atoms with Crippen molar-refractivity contribution in [2.75, 3.05) is 18.5 Å². The Morgan fingerprint density at radius 3 is 3.16 bits per heavy atom. The van der Waals surface area contributed by atoms with E-state index in [0.717, 1.165) is 5.56 Å². The van der Waals surface area contributed by atoms with Crippen molar-refractivity contribution >= 4 is 17.5 Å². The molecule has 98 valence electrons. The van der Waals surface area contributed by atoms with E-state index in [0.29, 0.717) is 24.4 Å². The molecule has 1 aliphatic heterocycles. The number of rotatable bonds is 2. The summed E-state index contributed by atoms with van der Waals surface area (Å²) in [5, 5.41) is 5.39. The number of ether oxygens (including phenoxy) is 1. The van der Waals surface area contributed by atoms with Crippen LogP contribution in [0.15, 0.2) is 18.2 Å². The SMILES string of the molecule is CC(=O)NCCC#Cc1ccc2c(c1)OCC(=O)N2. The Balaban J connectivity index is 1.97. The molecule has 0 bridgehead atoms. The van der Waals surface area contributed by atoms with Gasteiger partial charge in [0.25, 0.3) is 5.91 Å². The van der Waals surface area contributed by atoms with Gasteiger partial charge in [-0.2, -0.15) is 0 Å². The molecule has 2 rings (SSSR count). The largest absolute Gasteiger partial charge is 0.482 e. The van der Waals surface area contributed by atoms with E-state index in [1.54, 1.807) is 12.1 Å². The molecule has 0 saturated carbocycles. The Morgan fingerprint density at radius 2 is 2.37 bits per heavy atom. The molecule has 1 aliphatic rings. The standard InChI is InChI=1S/C14H14N2O3/c1-10(17)15-7-3-2-4-11-5-6-12-13(8-11)19-9-14(18)16-12/h5-6,8H,3,7,9H2,1H3,(H,15,17)(H,16,18). The molecule has 0 spiro atoms. The topological polar surface area (TPSA) is 67.4 Å². The highest BCUT2D eigenvalue weighted by atomic mass is 16.5. The summed E-state index contributed by atoms with van der Waals surface area (Å²) in [6.07, 6.45) is 0.592. The van der Waals surface area contributed by atoms with Crippen LogP contribution in [0.4, 0.5) is 5.69 Å². The van der Waals surface area contributed by atoms with Gasteiger partial charge in [0.1, 0.15) is 5.75 Å². The average Bonchev–Trinajstić information content (AvgIpc) is 2.38. The normalized spacial score (nSPS) is 12.4. The molecule has 1 aromatic rings. The number of anilines is 1. The molecular formula is C14H14N2O3. The third-order valence-corrected chi connectivity index (χ3v) is 2.47. The molecule has 5 heteroatoms. The highest BCUT2D eigenvalue weighted by Crippen LogP contribution is 2.28. The maximum Gasteiger partial charge on any atom is 0.262 e. The van der Waals surface area contributed by atoms with Crippen LogP contribution in [-0.2, 0) is 9.59 Å². The maximum absolute atomic E-state index is 11.1. The van der Waals surface area contributed by atoms with Crippen LogP contribution in [0.25, 0.3) is 0 Å². The van der Waals surface area contributed by atoms with Crippen molar-refractivity contribution in [3.8, 4) is 17.6 Å². The van der Waals surface area contributed by atoms with E-state index in [1.807, 2.05) is 6.07 Å². The lowest BCUT2D eigenvalue weighted by atomic mass is 10.1. The van der Waals surface area contributed by atoms with Crippen molar-refractivity contribution < 1.29 is 14.3 Å². The lowest BCUT2D eigenvalue weighted by molar-refractivity contribution is -0.119. The monoisotopic (exact) mass is 258 g/mol. The molecule has 0 atom stereocenters. The quantitative estimate of drug-likeness (QED) is 0.611. The second-order valence-electron chi connectivity index (χ2n) is 4.08. The minimum absolute atomic E-state index is 0.0341. The van der Waals surface area contributed by atoms with Crippen molar-refractivity contribution in [1.29, 1.82) is 0 Å². The van der Waals surface area contributed by atoms with Gasteiger partial charge in [-0.3, -0.25) is 9.59 Å². The van der Waals surface area contributed by atoms with Crippen molar-refractivity contribution in [3.05, 3.63) is 23.8 Å². The summed E-state index contributed by atoms with van der Waals surface area (Å²) >= 11 is 0. The Morgan fingerprint density at radius 1 is 1.53 bits per heavy atom. The number of hydrogen-bond donors (Lipinski definition) is 2. The summed E-state index contributed by atoms with van der Waals surface area (Å²) in [5.41, 5.74) is 1.48. The maximum atomic E-state index is 11.1. The number of amides is 2. The average molecular weight is 258 g/mol. The van der Waals surface area contributed by atoms with E-state index in [2.05, 4.69) is 22.5 Å². The first kappa shape index (κ1) is 13.0. The van der Waals surface area contributed by atoms with Gasteiger partial charge in [0.05, 0.1) is 5.69 Å². The number of hydrogen-bond acceptors (Lipinski definition) is 3. The summed E-state index contributed by atoms with van der Waals surface area (Å²) in [4.78, 5) is 21.8. The van der Waals surface area contributed by atoms with Gasteiger partial charge in [0.15, 0.2) is 6.61 Å². The van der Waals surface area contributed by atoms with Crippen LogP contribution in [0.1, 0.15) is 18.9 Å². The Hall–Kier alpha value is -2.48. The third-order valence-electron chi connectivity index (χ3n) is 2.47. The number of nitrogens with one attached hydrogen (secondary N) is 2. The lowest BCUT2D eigenvalue weighted by Crippen LogP contribution is -2.25. The van der Waals surface area contributed by atoms with E-state index < -0.39 is 0 Å². The highest BCUT2D eigenvalue weighted by molar-refractivity contribution is 5.95. The van der Waals surface area contributed by atoms with Crippen LogP contribution in [0, 0.1) is 11.8 Å². The van der Waals surface area contributed by atoms with Crippen molar-refractivity contribution in [2.24, 2.45) is 0 Å². The fourth-order valence-electron chi connectivity index (χ4n) is 1.62. The minimum atomic E-state index is -0.151. The lowest BCUT2D eigenvalue weighted by Gasteiger charge is -2.17. The van der Waals surface area contributed by atoms with E-state index in [9.17, 15) is 9.59 Å². The molecule has 1 heterocycles. The van der Waals surface area contributed by atoms with Gasteiger partial charge < -0.3 is 15.4 Å². The number of carbonyl (C=O) groups excluding carboxylic acids is 2. The van der Waals surface area contributed by atoms with Gasteiger partial charge in [0, 0.05) is 25.5 Å². The smallest absolute Gasteiger partial charge is 0.262 e. The Labute approximate surface area is 111 Å². The molecule has 5 nitrogen and oxygen atoms in total.